The van der Waals surface area contributed by atoms with Gasteiger partial charge in [-0.15, -0.1) is 0 Å². The molecule has 3 aromatic rings. The van der Waals surface area contributed by atoms with Crippen molar-refractivity contribution in [2.75, 3.05) is 11.9 Å². The number of hydrogen-bond donors (Lipinski definition) is 1. The minimum absolute atomic E-state index is 0.00252. The molecule has 0 unspecified atom stereocenters. The summed E-state index contributed by atoms with van der Waals surface area (Å²) in [7, 11) is 1.59. The SMILES string of the molecule is CNC(=O)c1cccc(-c2ccc3c(c2)C=Cc2ccccc2N(C(C)=O)C3)n1. The molecule has 5 heteroatoms. The minimum atomic E-state index is -0.216. The quantitative estimate of drug-likeness (QED) is 0.723. The van der Waals surface area contributed by atoms with Crippen molar-refractivity contribution < 1.29 is 9.59 Å². The number of carbonyl (C=O) groups excluding carboxylic acids is 2. The van der Waals surface area contributed by atoms with Crippen LogP contribution in [0.3, 0.4) is 0 Å². The summed E-state index contributed by atoms with van der Waals surface area (Å²) in [5, 5.41) is 2.60. The van der Waals surface area contributed by atoms with Crippen LogP contribution < -0.4 is 10.2 Å². The summed E-state index contributed by atoms with van der Waals surface area (Å²) in [6, 6.07) is 19.3. The molecular formula is C24H21N3O2. The van der Waals surface area contributed by atoms with E-state index in [1.807, 2.05) is 60.7 Å². The molecule has 2 aromatic carbocycles. The van der Waals surface area contributed by atoms with Crippen molar-refractivity contribution >= 4 is 29.7 Å². The zero-order valence-corrected chi connectivity index (χ0v) is 16.3. The summed E-state index contributed by atoms with van der Waals surface area (Å²) in [5.74, 6) is -0.213. The van der Waals surface area contributed by atoms with Gasteiger partial charge in [0.2, 0.25) is 5.91 Å². The molecule has 0 fully saturated rings. The van der Waals surface area contributed by atoms with Crippen molar-refractivity contribution in [3.8, 4) is 11.3 Å². The predicted molar refractivity (Wildman–Crippen MR) is 115 cm³/mol. The van der Waals surface area contributed by atoms with E-state index in [9.17, 15) is 9.59 Å². The molecular weight excluding hydrogens is 362 g/mol. The van der Waals surface area contributed by atoms with E-state index in [0.29, 0.717) is 12.2 Å². The van der Waals surface area contributed by atoms with Crippen LogP contribution in [0, 0.1) is 0 Å². The van der Waals surface area contributed by atoms with Crippen LogP contribution in [-0.2, 0) is 11.3 Å². The topological polar surface area (TPSA) is 62.3 Å². The summed E-state index contributed by atoms with van der Waals surface area (Å²) < 4.78 is 0. The fourth-order valence-electron chi connectivity index (χ4n) is 3.49. The zero-order valence-electron chi connectivity index (χ0n) is 16.3. The highest BCUT2D eigenvalue weighted by molar-refractivity contribution is 5.96. The van der Waals surface area contributed by atoms with E-state index in [-0.39, 0.29) is 11.8 Å². The van der Waals surface area contributed by atoms with Gasteiger partial charge in [-0.2, -0.15) is 0 Å². The van der Waals surface area contributed by atoms with Gasteiger partial charge >= 0.3 is 0 Å². The number of carbonyl (C=O) groups is 2. The molecule has 1 aliphatic heterocycles. The number of anilines is 1. The fraction of sp³-hybridized carbons (Fsp3) is 0.125. The van der Waals surface area contributed by atoms with Crippen molar-refractivity contribution in [1.82, 2.24) is 10.3 Å². The van der Waals surface area contributed by atoms with Crippen LogP contribution in [0.15, 0.2) is 60.7 Å². The number of aromatic nitrogens is 1. The van der Waals surface area contributed by atoms with E-state index in [0.717, 1.165) is 33.6 Å². The average molecular weight is 383 g/mol. The predicted octanol–water partition coefficient (Wildman–Crippen LogP) is 4.15. The molecule has 2 heterocycles. The summed E-state index contributed by atoms with van der Waals surface area (Å²) in [4.78, 5) is 30.5. The maximum Gasteiger partial charge on any atom is 0.269 e. The number of pyridine rings is 1. The van der Waals surface area contributed by atoms with Crippen molar-refractivity contribution in [2.45, 2.75) is 13.5 Å². The minimum Gasteiger partial charge on any atom is -0.354 e. The lowest BCUT2D eigenvalue weighted by Gasteiger charge is -2.26. The third kappa shape index (κ3) is 3.67. The highest BCUT2D eigenvalue weighted by Gasteiger charge is 2.18. The molecule has 0 atom stereocenters. The Bertz CT molecular complexity index is 1130. The van der Waals surface area contributed by atoms with Crippen LogP contribution in [0.2, 0.25) is 0 Å². The fourth-order valence-corrected chi connectivity index (χ4v) is 3.49. The molecule has 2 amide bonds. The largest absolute Gasteiger partial charge is 0.354 e. The maximum absolute atomic E-state index is 12.3. The lowest BCUT2D eigenvalue weighted by Crippen LogP contribution is -2.29. The van der Waals surface area contributed by atoms with E-state index in [4.69, 9.17) is 0 Å². The van der Waals surface area contributed by atoms with Crippen LogP contribution in [-0.4, -0.2) is 23.8 Å². The van der Waals surface area contributed by atoms with Crippen molar-refractivity contribution in [1.29, 1.82) is 0 Å². The number of rotatable bonds is 2. The van der Waals surface area contributed by atoms with E-state index in [1.165, 1.54) is 0 Å². The molecule has 5 nitrogen and oxygen atoms in total. The Labute approximate surface area is 169 Å². The Balaban J connectivity index is 1.79. The third-order valence-electron chi connectivity index (χ3n) is 5.03. The number of para-hydroxylation sites is 1. The highest BCUT2D eigenvalue weighted by atomic mass is 16.2. The summed E-state index contributed by atoms with van der Waals surface area (Å²) in [5.41, 5.74) is 6.01. The van der Waals surface area contributed by atoms with Gasteiger partial charge in [-0.05, 0) is 41.0 Å². The number of amides is 2. The summed E-state index contributed by atoms with van der Waals surface area (Å²) >= 11 is 0. The van der Waals surface area contributed by atoms with Gasteiger partial charge in [-0.3, -0.25) is 9.59 Å². The molecule has 0 spiro atoms. The molecule has 1 aromatic heterocycles. The van der Waals surface area contributed by atoms with Crippen LogP contribution in [0.4, 0.5) is 5.69 Å². The second kappa shape index (κ2) is 7.72. The van der Waals surface area contributed by atoms with Crippen molar-refractivity contribution in [3.05, 3.63) is 83.0 Å². The first-order valence-corrected chi connectivity index (χ1v) is 9.44. The summed E-state index contributed by atoms with van der Waals surface area (Å²) in [6.07, 6.45) is 4.10. The first-order chi connectivity index (χ1) is 14.1. The van der Waals surface area contributed by atoms with E-state index >= 15 is 0 Å². The Hall–Kier alpha value is -3.73. The molecule has 0 bridgehead atoms. The number of fused-ring (bicyclic) bond motifs is 2. The smallest absolute Gasteiger partial charge is 0.269 e. The first kappa shape index (κ1) is 18.6. The Morgan fingerprint density at radius 1 is 0.966 bits per heavy atom. The molecule has 4 rings (SSSR count). The number of benzene rings is 2. The third-order valence-corrected chi connectivity index (χ3v) is 5.03. The van der Waals surface area contributed by atoms with Gasteiger partial charge in [0.1, 0.15) is 5.69 Å². The molecule has 0 saturated heterocycles. The Kier molecular flexibility index (Phi) is 4.96. The van der Waals surface area contributed by atoms with Gasteiger partial charge in [0.05, 0.1) is 17.9 Å². The monoisotopic (exact) mass is 383 g/mol. The van der Waals surface area contributed by atoms with E-state index in [1.54, 1.807) is 24.9 Å². The molecule has 144 valence electrons. The molecule has 0 radical (unpaired) electrons. The standard InChI is InChI=1S/C24H21N3O2/c1-16(28)27-15-20-13-12-19(21-7-5-8-22(26-21)24(29)25-2)14-18(20)11-10-17-6-3-4-9-23(17)27/h3-14H,15H2,1-2H3,(H,25,29). The van der Waals surface area contributed by atoms with Crippen molar-refractivity contribution in [3.63, 3.8) is 0 Å². The number of hydrogen-bond acceptors (Lipinski definition) is 3. The van der Waals surface area contributed by atoms with Gasteiger partial charge < -0.3 is 10.2 Å². The first-order valence-electron chi connectivity index (χ1n) is 9.44. The second-order valence-electron chi connectivity index (χ2n) is 6.90. The normalized spacial score (nSPS) is 12.4. The van der Waals surface area contributed by atoms with Gasteiger partial charge in [0, 0.05) is 19.5 Å². The lowest BCUT2D eigenvalue weighted by molar-refractivity contribution is -0.116. The van der Waals surface area contributed by atoms with Crippen molar-refractivity contribution in [2.24, 2.45) is 0 Å². The van der Waals surface area contributed by atoms with Crippen LogP contribution in [0.1, 0.15) is 34.1 Å². The molecule has 29 heavy (non-hydrogen) atoms. The van der Waals surface area contributed by atoms with E-state index in [2.05, 4.69) is 16.4 Å². The van der Waals surface area contributed by atoms with Crippen LogP contribution >= 0.6 is 0 Å². The van der Waals surface area contributed by atoms with E-state index < -0.39 is 0 Å². The van der Waals surface area contributed by atoms with Gasteiger partial charge in [0.25, 0.3) is 5.91 Å². The number of nitrogens with zero attached hydrogens (tertiary/aromatic N) is 2. The molecule has 1 N–H and O–H groups in total. The van der Waals surface area contributed by atoms with Gasteiger partial charge in [-0.1, -0.05) is 48.6 Å². The lowest BCUT2D eigenvalue weighted by atomic mass is 9.97. The number of nitrogens with one attached hydrogen (secondary N) is 1. The summed E-state index contributed by atoms with van der Waals surface area (Å²) in [6.45, 7) is 2.09. The Morgan fingerprint density at radius 3 is 2.55 bits per heavy atom. The van der Waals surface area contributed by atoms with Gasteiger partial charge in [-0.25, -0.2) is 4.98 Å². The average Bonchev–Trinajstić information content (AvgIpc) is 2.74. The zero-order chi connectivity index (χ0) is 20.4. The van der Waals surface area contributed by atoms with Gasteiger partial charge in [0.15, 0.2) is 0 Å². The Morgan fingerprint density at radius 2 is 1.76 bits per heavy atom. The molecule has 0 aliphatic carbocycles. The molecule has 0 saturated carbocycles. The second-order valence-corrected chi connectivity index (χ2v) is 6.90. The van der Waals surface area contributed by atoms with Crippen LogP contribution in [0.5, 0.6) is 0 Å². The maximum atomic E-state index is 12.3. The molecule has 1 aliphatic rings. The van der Waals surface area contributed by atoms with Crippen LogP contribution in [0.25, 0.3) is 23.4 Å². The highest BCUT2D eigenvalue weighted by Crippen LogP contribution is 2.30.